The summed E-state index contributed by atoms with van der Waals surface area (Å²) in [7, 11) is 0. The van der Waals surface area contributed by atoms with Crippen molar-refractivity contribution in [1.82, 2.24) is 5.32 Å². The summed E-state index contributed by atoms with van der Waals surface area (Å²) in [6.45, 7) is 2.33. The number of benzene rings is 1. The van der Waals surface area contributed by atoms with Crippen LogP contribution in [0.15, 0.2) is 36.4 Å². The van der Waals surface area contributed by atoms with E-state index in [0.29, 0.717) is 0 Å². The van der Waals surface area contributed by atoms with Gasteiger partial charge in [-0.1, -0.05) is 42.5 Å². The smallest absolute Gasteiger partial charge is 0.00143 e. The zero-order chi connectivity index (χ0) is 9.64. The fourth-order valence-electron chi connectivity index (χ4n) is 1.85. The molecule has 1 N–H and O–H groups in total. The van der Waals surface area contributed by atoms with Gasteiger partial charge in [0, 0.05) is 6.54 Å². The first-order chi connectivity index (χ1) is 6.95. The molecule has 0 saturated carbocycles. The van der Waals surface area contributed by atoms with E-state index in [0.717, 1.165) is 12.5 Å². The van der Waals surface area contributed by atoms with E-state index in [1.54, 1.807) is 0 Å². The number of piperidine rings is 1. The summed E-state index contributed by atoms with van der Waals surface area (Å²) >= 11 is 0. The van der Waals surface area contributed by atoms with Gasteiger partial charge in [-0.15, -0.1) is 12.4 Å². The standard InChI is InChI=1S/C13H17N.ClH/c1-2-5-12(6-3-1)8-9-13-7-4-10-14-11-13;/h1-3,5-6,8-9,13-14H,4,7,10-11H2;1H/b9-8+;. The van der Waals surface area contributed by atoms with Crippen molar-refractivity contribution in [2.24, 2.45) is 5.92 Å². The Labute approximate surface area is 98.0 Å². The van der Waals surface area contributed by atoms with Crippen LogP contribution in [0.4, 0.5) is 0 Å². The number of rotatable bonds is 2. The summed E-state index contributed by atoms with van der Waals surface area (Å²) in [5, 5.41) is 3.42. The molecule has 2 heteroatoms. The van der Waals surface area contributed by atoms with Gasteiger partial charge in [0.05, 0.1) is 0 Å². The number of hydrogen-bond donors (Lipinski definition) is 1. The van der Waals surface area contributed by atoms with Crippen LogP contribution >= 0.6 is 12.4 Å². The average Bonchev–Trinajstić information content (AvgIpc) is 2.29. The van der Waals surface area contributed by atoms with Crippen LogP contribution in [0.1, 0.15) is 18.4 Å². The third-order valence-electron chi connectivity index (χ3n) is 2.70. The van der Waals surface area contributed by atoms with Gasteiger partial charge in [0.25, 0.3) is 0 Å². The van der Waals surface area contributed by atoms with Crippen LogP contribution in [-0.4, -0.2) is 13.1 Å². The van der Waals surface area contributed by atoms with E-state index in [9.17, 15) is 0 Å². The number of halogens is 1. The van der Waals surface area contributed by atoms with E-state index >= 15 is 0 Å². The monoisotopic (exact) mass is 223 g/mol. The Bertz CT molecular complexity index is 289. The average molecular weight is 224 g/mol. The molecule has 0 aromatic heterocycles. The summed E-state index contributed by atoms with van der Waals surface area (Å²) in [6, 6.07) is 10.5. The van der Waals surface area contributed by atoms with Gasteiger partial charge in [-0.2, -0.15) is 0 Å². The maximum atomic E-state index is 3.42. The summed E-state index contributed by atoms with van der Waals surface area (Å²) in [5.41, 5.74) is 1.30. The lowest BCUT2D eigenvalue weighted by molar-refractivity contribution is 0.439. The van der Waals surface area contributed by atoms with Crippen LogP contribution in [0, 0.1) is 5.92 Å². The Kier molecular flexibility index (Phi) is 5.44. The fraction of sp³-hybridized carbons (Fsp3) is 0.385. The van der Waals surface area contributed by atoms with Crippen LogP contribution in [-0.2, 0) is 0 Å². The molecule has 1 fully saturated rings. The van der Waals surface area contributed by atoms with E-state index in [1.165, 1.54) is 24.9 Å². The second-order valence-corrected chi connectivity index (χ2v) is 3.88. The minimum atomic E-state index is 0. The molecule has 1 heterocycles. The highest BCUT2D eigenvalue weighted by Gasteiger charge is 2.08. The summed E-state index contributed by atoms with van der Waals surface area (Å²) < 4.78 is 0. The van der Waals surface area contributed by atoms with Gasteiger partial charge in [0.2, 0.25) is 0 Å². The first-order valence-electron chi connectivity index (χ1n) is 5.39. The Morgan fingerprint density at radius 2 is 2.00 bits per heavy atom. The van der Waals surface area contributed by atoms with Gasteiger partial charge in [0.15, 0.2) is 0 Å². The molecule has 1 aromatic rings. The van der Waals surface area contributed by atoms with Crippen molar-refractivity contribution >= 4 is 18.5 Å². The van der Waals surface area contributed by atoms with E-state index in [-0.39, 0.29) is 12.4 Å². The lowest BCUT2D eigenvalue weighted by Crippen LogP contribution is -2.28. The highest BCUT2D eigenvalue weighted by Crippen LogP contribution is 2.13. The lowest BCUT2D eigenvalue weighted by Gasteiger charge is -2.19. The zero-order valence-electron chi connectivity index (χ0n) is 8.86. The molecule has 0 bridgehead atoms. The molecule has 0 amide bonds. The third-order valence-corrected chi connectivity index (χ3v) is 2.70. The minimum Gasteiger partial charge on any atom is -0.316 e. The van der Waals surface area contributed by atoms with E-state index in [2.05, 4.69) is 47.8 Å². The summed E-state index contributed by atoms with van der Waals surface area (Å²) in [4.78, 5) is 0. The number of nitrogens with one attached hydrogen (secondary N) is 1. The first kappa shape index (κ1) is 12.3. The van der Waals surface area contributed by atoms with Crippen LogP contribution in [0.2, 0.25) is 0 Å². The highest BCUT2D eigenvalue weighted by molar-refractivity contribution is 5.85. The predicted molar refractivity (Wildman–Crippen MR) is 68.3 cm³/mol. The molecule has 1 atom stereocenters. The maximum Gasteiger partial charge on any atom is 0.00143 e. The van der Waals surface area contributed by atoms with Gasteiger partial charge < -0.3 is 5.32 Å². The lowest BCUT2D eigenvalue weighted by atomic mass is 9.98. The molecule has 0 radical (unpaired) electrons. The normalized spacial score (nSPS) is 21.2. The Morgan fingerprint density at radius 1 is 1.20 bits per heavy atom. The van der Waals surface area contributed by atoms with Crippen molar-refractivity contribution in [3.8, 4) is 0 Å². The van der Waals surface area contributed by atoms with E-state index in [1.807, 2.05) is 0 Å². The van der Waals surface area contributed by atoms with Crippen LogP contribution in [0.5, 0.6) is 0 Å². The van der Waals surface area contributed by atoms with E-state index in [4.69, 9.17) is 0 Å². The Morgan fingerprint density at radius 3 is 2.67 bits per heavy atom. The molecule has 2 rings (SSSR count). The minimum absolute atomic E-state index is 0. The Hall–Kier alpha value is -0.790. The van der Waals surface area contributed by atoms with E-state index < -0.39 is 0 Å². The van der Waals surface area contributed by atoms with Crippen LogP contribution in [0.3, 0.4) is 0 Å². The van der Waals surface area contributed by atoms with Gasteiger partial charge in [-0.05, 0) is 30.9 Å². The first-order valence-corrected chi connectivity index (χ1v) is 5.39. The zero-order valence-corrected chi connectivity index (χ0v) is 9.67. The molecule has 0 aliphatic carbocycles. The number of hydrogen-bond acceptors (Lipinski definition) is 1. The van der Waals surface area contributed by atoms with Gasteiger partial charge in [0.1, 0.15) is 0 Å². The second kappa shape index (κ2) is 6.65. The molecule has 0 spiro atoms. The maximum absolute atomic E-state index is 3.42. The van der Waals surface area contributed by atoms with Crippen molar-refractivity contribution in [2.45, 2.75) is 12.8 Å². The molecule has 15 heavy (non-hydrogen) atoms. The van der Waals surface area contributed by atoms with Crippen molar-refractivity contribution < 1.29 is 0 Å². The Balaban J connectivity index is 0.00000112. The van der Waals surface area contributed by atoms with Gasteiger partial charge in [-0.3, -0.25) is 0 Å². The van der Waals surface area contributed by atoms with Crippen molar-refractivity contribution in [3.63, 3.8) is 0 Å². The van der Waals surface area contributed by atoms with Gasteiger partial charge >= 0.3 is 0 Å². The predicted octanol–water partition coefficient (Wildman–Crippen LogP) is 3.12. The van der Waals surface area contributed by atoms with Crippen LogP contribution < -0.4 is 5.32 Å². The van der Waals surface area contributed by atoms with Gasteiger partial charge in [-0.25, -0.2) is 0 Å². The highest BCUT2D eigenvalue weighted by atomic mass is 35.5. The molecular formula is C13H18ClN. The molecule has 1 unspecified atom stereocenters. The van der Waals surface area contributed by atoms with Crippen LogP contribution in [0.25, 0.3) is 6.08 Å². The molecule has 1 aliphatic rings. The summed E-state index contributed by atoms with van der Waals surface area (Å²) in [5.74, 6) is 0.726. The van der Waals surface area contributed by atoms with Crippen molar-refractivity contribution in [3.05, 3.63) is 42.0 Å². The largest absolute Gasteiger partial charge is 0.316 e. The molecule has 1 saturated heterocycles. The quantitative estimate of drug-likeness (QED) is 0.813. The molecule has 1 nitrogen and oxygen atoms in total. The van der Waals surface area contributed by atoms with Crippen molar-refractivity contribution in [1.29, 1.82) is 0 Å². The topological polar surface area (TPSA) is 12.0 Å². The molecule has 1 aliphatic heterocycles. The van der Waals surface area contributed by atoms with Crippen molar-refractivity contribution in [2.75, 3.05) is 13.1 Å². The molecule has 1 aromatic carbocycles. The third kappa shape index (κ3) is 4.06. The SMILES string of the molecule is C(=C\C1CCCNC1)/c1ccccc1.Cl. The second-order valence-electron chi connectivity index (χ2n) is 3.88. The fourth-order valence-corrected chi connectivity index (χ4v) is 1.85. The molecule has 82 valence electrons. The summed E-state index contributed by atoms with van der Waals surface area (Å²) in [6.07, 6.45) is 7.21. The molecular weight excluding hydrogens is 206 g/mol.